The lowest BCUT2D eigenvalue weighted by Crippen LogP contribution is -2.00. The monoisotopic (exact) mass is 268 g/mol. The van der Waals surface area contributed by atoms with E-state index in [1.165, 1.54) is 0 Å². The molecule has 0 fully saturated rings. The van der Waals surface area contributed by atoms with Crippen molar-refractivity contribution in [3.05, 3.63) is 59.0 Å². The van der Waals surface area contributed by atoms with Gasteiger partial charge in [-0.2, -0.15) is 0 Å². The molecule has 0 aliphatic rings. The van der Waals surface area contributed by atoms with Gasteiger partial charge in [0.1, 0.15) is 11.2 Å². The predicted molar refractivity (Wildman–Crippen MR) is 76.1 cm³/mol. The molecule has 1 unspecified atom stereocenters. The van der Waals surface area contributed by atoms with Crippen LogP contribution in [-0.2, 0) is 0 Å². The SMILES string of the molecule is Cc1sc2cncn2c1C(O)C#Cc1ccccc1. The Kier molecular flexibility index (Phi) is 3.08. The third-order valence-corrected chi connectivity index (χ3v) is 3.90. The Morgan fingerprint density at radius 1 is 1.32 bits per heavy atom. The Bertz CT molecular complexity index is 762. The number of hydrogen-bond acceptors (Lipinski definition) is 3. The Morgan fingerprint density at radius 2 is 2.11 bits per heavy atom. The van der Waals surface area contributed by atoms with Crippen molar-refractivity contribution < 1.29 is 5.11 Å². The van der Waals surface area contributed by atoms with Gasteiger partial charge in [0.05, 0.1) is 11.9 Å². The second kappa shape index (κ2) is 4.88. The average Bonchev–Trinajstić information content (AvgIpc) is 2.97. The molecule has 1 aromatic carbocycles. The lowest BCUT2D eigenvalue weighted by atomic mass is 10.2. The van der Waals surface area contributed by atoms with E-state index in [-0.39, 0.29) is 0 Å². The van der Waals surface area contributed by atoms with E-state index >= 15 is 0 Å². The lowest BCUT2D eigenvalue weighted by molar-refractivity contribution is 0.232. The normalized spacial score (nSPS) is 12.1. The summed E-state index contributed by atoms with van der Waals surface area (Å²) in [6.45, 7) is 1.99. The van der Waals surface area contributed by atoms with Gasteiger partial charge in [0, 0.05) is 10.4 Å². The number of benzene rings is 1. The molecule has 0 radical (unpaired) electrons. The second-order valence-corrected chi connectivity index (χ2v) is 5.42. The van der Waals surface area contributed by atoms with E-state index in [0.29, 0.717) is 0 Å². The largest absolute Gasteiger partial charge is 0.374 e. The topological polar surface area (TPSA) is 37.5 Å². The van der Waals surface area contributed by atoms with Crippen LogP contribution in [0, 0.1) is 18.8 Å². The average molecular weight is 268 g/mol. The fraction of sp³-hybridized carbons (Fsp3) is 0.133. The van der Waals surface area contributed by atoms with Crippen LogP contribution in [0.2, 0.25) is 0 Å². The summed E-state index contributed by atoms with van der Waals surface area (Å²) < 4.78 is 1.89. The highest BCUT2D eigenvalue weighted by molar-refractivity contribution is 7.17. The number of aromatic nitrogens is 2. The van der Waals surface area contributed by atoms with Crippen LogP contribution in [0.4, 0.5) is 0 Å². The number of aliphatic hydroxyl groups is 1. The van der Waals surface area contributed by atoms with E-state index in [0.717, 1.165) is 21.0 Å². The van der Waals surface area contributed by atoms with Gasteiger partial charge in [0.25, 0.3) is 0 Å². The molecule has 4 heteroatoms. The van der Waals surface area contributed by atoms with Crippen molar-refractivity contribution in [2.24, 2.45) is 0 Å². The fourth-order valence-electron chi connectivity index (χ4n) is 1.98. The molecule has 3 rings (SSSR count). The molecular formula is C15H12N2OS. The molecule has 94 valence electrons. The van der Waals surface area contributed by atoms with Crippen molar-refractivity contribution in [3.8, 4) is 11.8 Å². The summed E-state index contributed by atoms with van der Waals surface area (Å²) in [6, 6.07) is 9.65. The summed E-state index contributed by atoms with van der Waals surface area (Å²) in [5, 5.41) is 10.3. The van der Waals surface area contributed by atoms with Crippen molar-refractivity contribution in [1.29, 1.82) is 0 Å². The van der Waals surface area contributed by atoms with E-state index in [2.05, 4.69) is 16.8 Å². The van der Waals surface area contributed by atoms with Gasteiger partial charge in [-0.15, -0.1) is 11.3 Å². The lowest BCUT2D eigenvalue weighted by Gasteiger charge is -2.03. The first-order valence-electron chi connectivity index (χ1n) is 5.91. The standard InChI is InChI=1S/C15H12N2OS/c1-11-15(17-10-16-9-14(17)19-11)13(18)8-7-12-5-3-2-4-6-12/h2-6,9-10,13,18H,1H3. The van der Waals surface area contributed by atoms with E-state index in [1.54, 1.807) is 23.9 Å². The van der Waals surface area contributed by atoms with Crippen LogP contribution < -0.4 is 0 Å². The van der Waals surface area contributed by atoms with Crippen LogP contribution in [0.15, 0.2) is 42.9 Å². The zero-order chi connectivity index (χ0) is 13.2. The minimum Gasteiger partial charge on any atom is -0.374 e. The highest BCUT2D eigenvalue weighted by Crippen LogP contribution is 2.26. The molecule has 0 aliphatic carbocycles. The molecule has 2 aromatic heterocycles. The molecule has 0 saturated carbocycles. The molecule has 1 N–H and O–H groups in total. The molecule has 0 amide bonds. The number of hydrogen-bond donors (Lipinski definition) is 1. The molecule has 1 atom stereocenters. The summed E-state index contributed by atoms with van der Waals surface area (Å²) in [6.07, 6.45) is 2.70. The summed E-state index contributed by atoms with van der Waals surface area (Å²) >= 11 is 1.61. The Balaban J connectivity index is 1.96. The van der Waals surface area contributed by atoms with Crippen LogP contribution in [-0.4, -0.2) is 14.5 Å². The van der Waals surface area contributed by atoms with Crippen LogP contribution in [0.5, 0.6) is 0 Å². The number of aryl methyl sites for hydroxylation is 1. The summed E-state index contributed by atoms with van der Waals surface area (Å²) in [7, 11) is 0. The molecule has 0 spiro atoms. The zero-order valence-corrected chi connectivity index (χ0v) is 11.2. The maximum absolute atomic E-state index is 10.3. The summed E-state index contributed by atoms with van der Waals surface area (Å²) in [5.41, 5.74) is 1.71. The molecule has 3 aromatic rings. The van der Waals surface area contributed by atoms with Gasteiger partial charge < -0.3 is 5.11 Å². The number of imidazole rings is 1. The van der Waals surface area contributed by atoms with Crippen molar-refractivity contribution in [3.63, 3.8) is 0 Å². The Labute approximate surface area is 115 Å². The van der Waals surface area contributed by atoms with Crippen LogP contribution in [0.25, 0.3) is 4.83 Å². The molecular weight excluding hydrogens is 256 g/mol. The van der Waals surface area contributed by atoms with Crippen molar-refractivity contribution in [2.45, 2.75) is 13.0 Å². The smallest absolute Gasteiger partial charge is 0.156 e. The van der Waals surface area contributed by atoms with E-state index in [4.69, 9.17) is 0 Å². The molecule has 0 saturated heterocycles. The molecule has 2 heterocycles. The van der Waals surface area contributed by atoms with Gasteiger partial charge in [-0.05, 0) is 19.1 Å². The summed E-state index contributed by atoms with van der Waals surface area (Å²) in [4.78, 5) is 6.16. The minimum absolute atomic E-state index is 0.803. The van der Waals surface area contributed by atoms with Gasteiger partial charge >= 0.3 is 0 Å². The molecule has 0 aliphatic heterocycles. The zero-order valence-electron chi connectivity index (χ0n) is 10.4. The quantitative estimate of drug-likeness (QED) is 0.689. The Morgan fingerprint density at radius 3 is 2.89 bits per heavy atom. The maximum Gasteiger partial charge on any atom is 0.156 e. The third kappa shape index (κ3) is 2.26. The second-order valence-electron chi connectivity index (χ2n) is 4.18. The summed E-state index contributed by atoms with van der Waals surface area (Å²) in [5.74, 6) is 5.88. The van der Waals surface area contributed by atoms with Crippen LogP contribution >= 0.6 is 11.3 Å². The first kappa shape index (κ1) is 12.0. The van der Waals surface area contributed by atoms with Gasteiger partial charge in [-0.25, -0.2) is 4.98 Å². The van der Waals surface area contributed by atoms with Crippen LogP contribution in [0.3, 0.4) is 0 Å². The maximum atomic E-state index is 10.3. The molecule has 3 nitrogen and oxygen atoms in total. The fourth-order valence-corrected chi connectivity index (χ4v) is 2.97. The third-order valence-electron chi connectivity index (χ3n) is 2.87. The van der Waals surface area contributed by atoms with Crippen LogP contribution in [0.1, 0.15) is 22.2 Å². The minimum atomic E-state index is -0.803. The van der Waals surface area contributed by atoms with E-state index in [1.807, 2.05) is 41.7 Å². The highest BCUT2D eigenvalue weighted by atomic mass is 32.1. The molecule has 19 heavy (non-hydrogen) atoms. The van der Waals surface area contributed by atoms with Gasteiger partial charge in [0.2, 0.25) is 0 Å². The van der Waals surface area contributed by atoms with Crippen molar-refractivity contribution >= 4 is 16.2 Å². The highest BCUT2D eigenvalue weighted by Gasteiger charge is 2.15. The Hall–Kier alpha value is -2.09. The number of nitrogens with zero attached hydrogens (tertiary/aromatic N) is 2. The number of thiazole rings is 1. The van der Waals surface area contributed by atoms with Gasteiger partial charge in [-0.1, -0.05) is 30.0 Å². The van der Waals surface area contributed by atoms with Crippen molar-refractivity contribution in [1.82, 2.24) is 9.38 Å². The van der Waals surface area contributed by atoms with Gasteiger partial charge in [0.15, 0.2) is 6.10 Å². The molecule has 0 bridgehead atoms. The van der Waals surface area contributed by atoms with E-state index < -0.39 is 6.10 Å². The number of rotatable bonds is 1. The first-order chi connectivity index (χ1) is 9.25. The van der Waals surface area contributed by atoms with Gasteiger partial charge in [-0.3, -0.25) is 4.40 Å². The van der Waals surface area contributed by atoms with E-state index in [9.17, 15) is 5.11 Å². The number of fused-ring (bicyclic) bond motifs is 1. The number of aliphatic hydroxyl groups excluding tert-OH is 1. The predicted octanol–water partition coefficient (Wildman–Crippen LogP) is 2.79. The first-order valence-corrected chi connectivity index (χ1v) is 6.73. The van der Waals surface area contributed by atoms with Crippen molar-refractivity contribution in [2.75, 3.05) is 0 Å².